The zero-order valence-electron chi connectivity index (χ0n) is 15.5. The Balaban J connectivity index is 0.00000140. The maximum Gasteiger partial charge on any atom is 0.253 e. The summed E-state index contributed by atoms with van der Waals surface area (Å²) < 4.78 is 1.90. The Morgan fingerprint density at radius 3 is 2.61 bits per heavy atom. The predicted octanol–water partition coefficient (Wildman–Crippen LogP) is 1.75. The van der Waals surface area contributed by atoms with E-state index in [4.69, 9.17) is 0 Å². The number of amides is 2. The third kappa shape index (κ3) is 4.66. The van der Waals surface area contributed by atoms with E-state index in [1.807, 2.05) is 44.8 Å². The van der Waals surface area contributed by atoms with Gasteiger partial charge in [0.05, 0.1) is 12.9 Å². The highest BCUT2D eigenvalue weighted by molar-refractivity contribution is 5.94. The van der Waals surface area contributed by atoms with Gasteiger partial charge in [-0.15, -0.1) is 24.8 Å². The number of hydrogen-bond acceptors (Lipinski definition) is 4. The third-order valence-electron chi connectivity index (χ3n) is 5.17. The molecule has 0 saturated carbocycles. The number of imidazole rings is 1. The fourth-order valence-electron chi connectivity index (χ4n) is 3.77. The van der Waals surface area contributed by atoms with Gasteiger partial charge in [0, 0.05) is 55.9 Å². The van der Waals surface area contributed by atoms with Crippen LogP contribution in [-0.2, 0) is 4.79 Å². The second-order valence-electron chi connectivity index (χ2n) is 6.83. The average Bonchev–Trinajstić information content (AvgIpc) is 3.23. The highest BCUT2D eigenvalue weighted by Crippen LogP contribution is 2.20. The van der Waals surface area contributed by atoms with Crippen molar-refractivity contribution in [1.29, 1.82) is 0 Å². The Kier molecular flexibility index (Phi) is 7.86. The zero-order chi connectivity index (χ0) is 17.9. The minimum atomic E-state index is 0. The van der Waals surface area contributed by atoms with Crippen molar-refractivity contribution in [2.24, 2.45) is 0 Å². The lowest BCUT2D eigenvalue weighted by Gasteiger charge is -2.41. The quantitative estimate of drug-likeness (QED) is 0.812. The van der Waals surface area contributed by atoms with E-state index < -0.39 is 0 Å². The molecule has 1 N–H and O–H groups in total. The molecule has 7 nitrogen and oxygen atoms in total. The lowest BCUT2D eigenvalue weighted by atomic mass is 10.0. The predicted molar refractivity (Wildman–Crippen MR) is 112 cm³/mol. The number of hydrogen-bond donors (Lipinski definition) is 1. The van der Waals surface area contributed by atoms with E-state index in [2.05, 4.69) is 10.3 Å². The first-order valence-electron chi connectivity index (χ1n) is 9.10. The number of carbonyl (C=O) groups excluding carboxylic acids is 2. The van der Waals surface area contributed by atoms with Crippen molar-refractivity contribution in [1.82, 2.24) is 24.7 Å². The van der Waals surface area contributed by atoms with Crippen LogP contribution in [0.5, 0.6) is 0 Å². The average molecular weight is 426 g/mol. The van der Waals surface area contributed by atoms with Gasteiger partial charge in [0.1, 0.15) is 0 Å². The summed E-state index contributed by atoms with van der Waals surface area (Å²) in [6.07, 6.45) is 7.23. The number of nitrogens with one attached hydrogen (secondary N) is 1. The lowest BCUT2D eigenvalue weighted by molar-refractivity contribution is -0.135. The van der Waals surface area contributed by atoms with Gasteiger partial charge < -0.3 is 19.7 Å². The normalized spacial score (nSPS) is 19.6. The molecule has 2 fully saturated rings. The second-order valence-corrected chi connectivity index (χ2v) is 6.83. The molecule has 2 aliphatic rings. The van der Waals surface area contributed by atoms with Crippen LogP contribution in [0.1, 0.15) is 23.2 Å². The van der Waals surface area contributed by atoms with E-state index in [1.165, 1.54) is 0 Å². The monoisotopic (exact) mass is 425 g/mol. The number of rotatable bonds is 3. The topological polar surface area (TPSA) is 70.5 Å². The molecular formula is C19H25Cl2N5O2. The number of carbonyl (C=O) groups is 2. The summed E-state index contributed by atoms with van der Waals surface area (Å²) in [7, 11) is 0. The van der Waals surface area contributed by atoms with E-state index in [1.54, 1.807) is 12.5 Å². The molecule has 4 rings (SSSR count). The SMILES string of the molecule is Cl.Cl.O=C(c1ccc(-n2ccnc2)cc1)N1CCCC(N2CCNCC2=O)C1. The molecule has 0 bridgehead atoms. The third-order valence-corrected chi connectivity index (χ3v) is 5.17. The smallest absolute Gasteiger partial charge is 0.253 e. The molecule has 9 heteroatoms. The zero-order valence-corrected chi connectivity index (χ0v) is 17.1. The maximum absolute atomic E-state index is 12.9. The van der Waals surface area contributed by atoms with Gasteiger partial charge in [0.25, 0.3) is 5.91 Å². The summed E-state index contributed by atoms with van der Waals surface area (Å²) in [6, 6.07) is 7.70. The molecule has 2 saturated heterocycles. The van der Waals surface area contributed by atoms with Gasteiger partial charge in [0.2, 0.25) is 5.91 Å². The van der Waals surface area contributed by atoms with Crippen molar-refractivity contribution >= 4 is 36.6 Å². The van der Waals surface area contributed by atoms with Gasteiger partial charge in [-0.1, -0.05) is 0 Å². The number of halogens is 2. The Morgan fingerprint density at radius 2 is 1.93 bits per heavy atom. The highest BCUT2D eigenvalue weighted by Gasteiger charge is 2.31. The van der Waals surface area contributed by atoms with Crippen LogP contribution in [-0.4, -0.2) is 69.9 Å². The Morgan fingerprint density at radius 1 is 1.14 bits per heavy atom. The number of piperidine rings is 1. The van der Waals surface area contributed by atoms with E-state index >= 15 is 0 Å². The van der Waals surface area contributed by atoms with Crippen molar-refractivity contribution in [3.05, 3.63) is 48.5 Å². The number of aromatic nitrogens is 2. The van der Waals surface area contributed by atoms with Crippen molar-refractivity contribution in [3.63, 3.8) is 0 Å². The van der Waals surface area contributed by atoms with Gasteiger partial charge >= 0.3 is 0 Å². The first-order valence-corrected chi connectivity index (χ1v) is 9.10. The van der Waals surface area contributed by atoms with Crippen LogP contribution >= 0.6 is 24.8 Å². The largest absolute Gasteiger partial charge is 0.337 e. The minimum absolute atomic E-state index is 0. The molecule has 0 radical (unpaired) electrons. The van der Waals surface area contributed by atoms with Gasteiger partial charge in [-0.25, -0.2) is 4.98 Å². The lowest BCUT2D eigenvalue weighted by Crippen LogP contribution is -2.57. The summed E-state index contributed by atoms with van der Waals surface area (Å²) in [4.78, 5) is 32.9. The second kappa shape index (κ2) is 9.91. The molecule has 152 valence electrons. The molecule has 1 aromatic heterocycles. The van der Waals surface area contributed by atoms with Crippen LogP contribution in [0.3, 0.4) is 0 Å². The Labute approximate surface area is 176 Å². The van der Waals surface area contributed by atoms with E-state index in [9.17, 15) is 9.59 Å². The molecule has 0 spiro atoms. The molecule has 28 heavy (non-hydrogen) atoms. The minimum Gasteiger partial charge on any atom is -0.337 e. The number of piperazine rings is 1. The molecule has 2 amide bonds. The Hall–Kier alpha value is -2.09. The summed E-state index contributed by atoms with van der Waals surface area (Å²) in [5, 5.41) is 3.10. The van der Waals surface area contributed by atoms with Crippen molar-refractivity contribution in [3.8, 4) is 5.69 Å². The summed E-state index contributed by atoms with van der Waals surface area (Å²) >= 11 is 0. The summed E-state index contributed by atoms with van der Waals surface area (Å²) in [5.74, 6) is 0.176. The molecule has 3 heterocycles. The van der Waals surface area contributed by atoms with E-state index in [0.717, 1.165) is 38.2 Å². The standard InChI is InChI=1S/C19H23N5O2.2ClH/c25-18-12-20-8-11-24(18)17-2-1-9-22(13-17)19(26)15-3-5-16(6-4-15)23-10-7-21-14-23;;/h3-7,10,14,17,20H,1-2,8-9,11-13H2;2*1H. The van der Waals surface area contributed by atoms with Gasteiger partial charge in [-0.05, 0) is 37.1 Å². The first-order chi connectivity index (χ1) is 12.7. The van der Waals surface area contributed by atoms with Gasteiger partial charge in [0.15, 0.2) is 0 Å². The van der Waals surface area contributed by atoms with Crippen molar-refractivity contribution in [2.45, 2.75) is 18.9 Å². The molecule has 0 aliphatic carbocycles. The summed E-state index contributed by atoms with van der Waals surface area (Å²) in [5.41, 5.74) is 1.66. The van der Waals surface area contributed by atoms with Crippen LogP contribution in [0.25, 0.3) is 5.69 Å². The van der Waals surface area contributed by atoms with Crippen LogP contribution in [0.4, 0.5) is 0 Å². The number of nitrogens with zero attached hydrogens (tertiary/aromatic N) is 4. The van der Waals surface area contributed by atoms with Gasteiger partial charge in [-0.2, -0.15) is 0 Å². The maximum atomic E-state index is 12.9. The van der Waals surface area contributed by atoms with Gasteiger partial charge in [-0.3, -0.25) is 9.59 Å². The highest BCUT2D eigenvalue weighted by atomic mass is 35.5. The molecular weight excluding hydrogens is 401 g/mol. The molecule has 1 atom stereocenters. The van der Waals surface area contributed by atoms with Crippen LogP contribution in [0, 0.1) is 0 Å². The number of benzene rings is 1. The molecule has 1 unspecified atom stereocenters. The van der Waals surface area contributed by atoms with Crippen LogP contribution in [0.15, 0.2) is 43.0 Å². The van der Waals surface area contributed by atoms with Crippen molar-refractivity contribution < 1.29 is 9.59 Å². The van der Waals surface area contributed by atoms with Crippen LogP contribution < -0.4 is 5.32 Å². The molecule has 1 aromatic carbocycles. The van der Waals surface area contributed by atoms with E-state index in [0.29, 0.717) is 18.7 Å². The first kappa shape index (κ1) is 22.2. The van der Waals surface area contributed by atoms with E-state index in [-0.39, 0.29) is 42.7 Å². The summed E-state index contributed by atoms with van der Waals surface area (Å²) in [6.45, 7) is 3.32. The fourth-order valence-corrected chi connectivity index (χ4v) is 3.77. The fraction of sp³-hybridized carbons (Fsp3) is 0.421. The molecule has 2 aromatic rings. The van der Waals surface area contributed by atoms with Crippen molar-refractivity contribution in [2.75, 3.05) is 32.7 Å². The Bertz CT molecular complexity index is 782. The number of likely N-dealkylation sites (tertiary alicyclic amines) is 1. The van der Waals surface area contributed by atoms with Crippen LogP contribution in [0.2, 0.25) is 0 Å². The molecule has 2 aliphatic heterocycles.